The summed E-state index contributed by atoms with van der Waals surface area (Å²) in [7, 11) is -4.65. The van der Waals surface area contributed by atoms with E-state index >= 15 is 0 Å². The maximum atomic E-state index is 12.2. The molecule has 20 nitrogen and oxygen atoms in total. The van der Waals surface area contributed by atoms with Gasteiger partial charge in [-0.3, -0.25) is 4.55 Å². The van der Waals surface area contributed by atoms with Crippen LogP contribution in [0.5, 0.6) is 17.2 Å². The molecular formula is C41H34N8O12S3. The Balaban J connectivity index is 1.05. The van der Waals surface area contributed by atoms with E-state index in [1.54, 1.807) is 98.8 Å². The topological polar surface area (TPSA) is 294 Å². The number of nitrogen functional groups attached to an aromatic ring is 1. The zero-order valence-corrected chi connectivity index (χ0v) is 35.6. The molecular weight excluding hydrogens is 893 g/mol. The van der Waals surface area contributed by atoms with Crippen LogP contribution in [-0.4, -0.2) is 40.4 Å². The zero-order valence-electron chi connectivity index (χ0n) is 33.2. The molecule has 328 valence electrons. The highest BCUT2D eigenvalue weighted by Gasteiger charge is 2.19. The van der Waals surface area contributed by atoms with Gasteiger partial charge in [-0.15, -0.1) is 18.9 Å². The quantitative estimate of drug-likeness (QED) is 0.00849. The van der Waals surface area contributed by atoms with Crippen molar-refractivity contribution in [2.45, 2.75) is 28.5 Å². The van der Waals surface area contributed by atoms with Crippen molar-refractivity contribution in [3.05, 3.63) is 120 Å². The maximum Gasteiger partial charge on any atom is 0.295 e. The highest BCUT2D eigenvalue weighted by atomic mass is 32.2. The first kappa shape index (κ1) is 45.3. The number of fused-ring (bicyclic) bond motifs is 2. The summed E-state index contributed by atoms with van der Waals surface area (Å²) in [6.07, 6.45) is 0. The maximum absolute atomic E-state index is 12.2. The number of nitrogens with zero attached hydrogens (tertiary/aromatic N) is 6. The summed E-state index contributed by atoms with van der Waals surface area (Å²) >= 11 is 1.12. The molecule has 0 atom stereocenters. The highest BCUT2D eigenvalue weighted by molar-refractivity contribution is 7.95. The second-order valence-electron chi connectivity index (χ2n) is 13.5. The van der Waals surface area contributed by atoms with E-state index in [1.165, 1.54) is 18.2 Å². The number of phenolic OH excluding ortho intramolecular Hbond substituents is 2. The predicted octanol–water partition coefficient (Wildman–Crippen LogP) is 12.4. The number of phenols is 2. The van der Waals surface area contributed by atoms with Gasteiger partial charge in [-0.05, 0) is 133 Å². The number of nitrogens with one attached hydrogen (secondary N) is 1. The van der Waals surface area contributed by atoms with Crippen molar-refractivity contribution in [2.24, 2.45) is 30.7 Å². The summed E-state index contributed by atoms with van der Waals surface area (Å²) in [5, 5.41) is 77.2. The number of rotatable bonds is 17. The van der Waals surface area contributed by atoms with Crippen molar-refractivity contribution in [2.75, 3.05) is 17.8 Å². The third kappa shape index (κ3) is 11.1. The Morgan fingerprint density at radius 3 is 2.08 bits per heavy atom. The standard InChI is InChI=1S/C41H34N8O12S3/c1-22-13-28(8-12-34(22)46-45-29-6-3-24-16-31(62-60-58-52)19-39(33(24)18-29)64(54,55)56)44-47-35-20-37(50)36(14-23(35)2)48-49-40-38(63-61-59-53)17-25-15-27(7-11-32(25)41(40)51)43-21-57-30-9-4-26(42)5-10-30/h3-20,43,50-53H,21,42H2,1-2H3,(H,54,55,56). The Morgan fingerprint density at radius 1 is 0.656 bits per heavy atom. The monoisotopic (exact) mass is 926 g/mol. The van der Waals surface area contributed by atoms with Gasteiger partial charge in [0, 0.05) is 33.1 Å². The van der Waals surface area contributed by atoms with Crippen LogP contribution >= 0.6 is 24.1 Å². The van der Waals surface area contributed by atoms with Crippen LogP contribution in [-0.2, 0) is 28.9 Å². The van der Waals surface area contributed by atoms with Gasteiger partial charge in [-0.25, -0.2) is 10.5 Å². The fourth-order valence-corrected chi connectivity index (χ4v) is 7.85. The molecule has 7 aromatic rings. The fourth-order valence-electron chi connectivity index (χ4n) is 6.10. The molecule has 0 fully saturated rings. The van der Waals surface area contributed by atoms with Gasteiger partial charge in [0.2, 0.25) is 0 Å². The van der Waals surface area contributed by atoms with Gasteiger partial charge in [-0.2, -0.15) is 28.9 Å². The number of anilines is 2. The van der Waals surface area contributed by atoms with Gasteiger partial charge in [0.25, 0.3) is 10.1 Å². The molecule has 0 bridgehead atoms. The third-order valence-electron chi connectivity index (χ3n) is 9.19. The Morgan fingerprint density at radius 2 is 1.34 bits per heavy atom. The molecule has 0 heterocycles. The number of aromatic hydroxyl groups is 2. The number of aryl methyl sites for hydroxylation is 2. The van der Waals surface area contributed by atoms with Crippen LogP contribution in [0.2, 0.25) is 0 Å². The molecule has 0 spiro atoms. The molecule has 0 amide bonds. The predicted molar refractivity (Wildman–Crippen MR) is 237 cm³/mol. The van der Waals surface area contributed by atoms with Crippen molar-refractivity contribution in [3.63, 3.8) is 0 Å². The summed E-state index contributed by atoms with van der Waals surface area (Å²) < 4.78 is 48.9. The number of benzene rings is 7. The van der Waals surface area contributed by atoms with E-state index < -0.39 is 15.0 Å². The van der Waals surface area contributed by atoms with E-state index in [4.69, 9.17) is 21.0 Å². The van der Waals surface area contributed by atoms with E-state index in [9.17, 15) is 23.2 Å². The molecule has 23 heteroatoms. The zero-order chi connectivity index (χ0) is 45.4. The van der Waals surface area contributed by atoms with Crippen molar-refractivity contribution in [1.82, 2.24) is 0 Å². The van der Waals surface area contributed by atoms with Gasteiger partial charge in [0.05, 0.1) is 51.7 Å². The van der Waals surface area contributed by atoms with E-state index in [0.29, 0.717) is 91.2 Å². The van der Waals surface area contributed by atoms with Gasteiger partial charge < -0.3 is 26.0 Å². The van der Waals surface area contributed by atoms with Crippen LogP contribution in [0.15, 0.2) is 155 Å². The van der Waals surface area contributed by atoms with Crippen molar-refractivity contribution in [1.29, 1.82) is 0 Å². The van der Waals surface area contributed by atoms with Crippen molar-refractivity contribution >= 4 is 101 Å². The van der Waals surface area contributed by atoms with Gasteiger partial charge in [-0.1, -0.05) is 16.1 Å². The Bertz CT molecular complexity index is 3070. The third-order valence-corrected chi connectivity index (χ3v) is 11.3. The fraction of sp³-hybridized carbons (Fsp3) is 0.0732. The first-order chi connectivity index (χ1) is 30.8. The largest absolute Gasteiger partial charge is 0.506 e. The second-order valence-corrected chi connectivity index (χ2v) is 16.4. The second kappa shape index (κ2) is 20.2. The van der Waals surface area contributed by atoms with Gasteiger partial charge in [0.15, 0.2) is 12.5 Å². The van der Waals surface area contributed by atoms with Crippen LogP contribution in [0.1, 0.15) is 11.1 Å². The van der Waals surface area contributed by atoms with Crippen LogP contribution < -0.4 is 15.8 Å². The summed E-state index contributed by atoms with van der Waals surface area (Å²) in [6, 6.07) is 29.1. The number of ether oxygens (including phenoxy) is 1. The van der Waals surface area contributed by atoms with Crippen LogP contribution in [0.4, 0.5) is 45.5 Å². The van der Waals surface area contributed by atoms with Crippen LogP contribution in [0.25, 0.3) is 21.5 Å². The minimum atomic E-state index is -4.65. The van der Waals surface area contributed by atoms with Crippen LogP contribution in [0, 0.1) is 13.8 Å². The average molecular weight is 927 g/mol. The molecule has 8 N–H and O–H groups in total. The molecule has 0 aromatic heterocycles. The summed E-state index contributed by atoms with van der Waals surface area (Å²) in [6.45, 7) is 3.67. The Hall–Kier alpha value is -6.77. The molecule has 7 aromatic carbocycles. The number of hydrogen-bond donors (Lipinski definition) is 7. The Labute approximate surface area is 371 Å². The smallest absolute Gasteiger partial charge is 0.295 e. The van der Waals surface area contributed by atoms with E-state index in [-0.39, 0.29) is 44.8 Å². The van der Waals surface area contributed by atoms with Crippen molar-refractivity contribution < 1.29 is 57.2 Å². The molecule has 0 aliphatic heterocycles. The SMILES string of the molecule is Cc1cc(N=Nc2cc(O)c(N=Nc3c(SOOO)cc4cc(NCOc5ccc(N)cc5)ccc4c3O)cc2C)ccc1N=Nc1ccc2cc(SOOO)cc(S(=O)(=O)O)c2c1. The minimum Gasteiger partial charge on any atom is -0.506 e. The van der Waals surface area contributed by atoms with Gasteiger partial charge in [0.1, 0.15) is 27.8 Å². The average Bonchev–Trinajstić information content (AvgIpc) is 3.27. The lowest BCUT2D eigenvalue weighted by Gasteiger charge is -2.12. The first-order valence-electron chi connectivity index (χ1n) is 18.4. The molecule has 0 aliphatic rings. The lowest BCUT2D eigenvalue weighted by atomic mass is 10.1. The normalized spacial score (nSPS) is 12.1. The van der Waals surface area contributed by atoms with Crippen molar-refractivity contribution in [3.8, 4) is 17.2 Å². The van der Waals surface area contributed by atoms with Gasteiger partial charge >= 0.3 is 0 Å². The lowest BCUT2D eigenvalue weighted by molar-refractivity contribution is -0.432. The lowest BCUT2D eigenvalue weighted by Crippen LogP contribution is -2.08. The van der Waals surface area contributed by atoms with E-state index in [2.05, 4.69) is 54.7 Å². The molecule has 64 heavy (non-hydrogen) atoms. The number of hydrogen-bond acceptors (Lipinski definition) is 21. The molecule has 0 radical (unpaired) electrons. The first-order valence-corrected chi connectivity index (χ1v) is 21.3. The molecule has 7 rings (SSSR count). The number of azo groups is 3. The Kier molecular flexibility index (Phi) is 14.3. The van der Waals surface area contributed by atoms with E-state index in [0.717, 1.165) is 6.07 Å². The molecule has 0 saturated heterocycles. The molecule has 0 aliphatic carbocycles. The van der Waals surface area contributed by atoms with E-state index in [1.807, 2.05) is 0 Å². The molecule has 0 unspecified atom stereocenters. The summed E-state index contributed by atoms with van der Waals surface area (Å²) in [5.74, 6) is 0.0957. The highest BCUT2D eigenvalue weighted by Crippen LogP contribution is 2.45. The minimum absolute atomic E-state index is 0.0274. The summed E-state index contributed by atoms with van der Waals surface area (Å²) in [4.78, 5) is 0.0577. The summed E-state index contributed by atoms with van der Waals surface area (Å²) in [5.41, 5.74) is 9.91. The number of nitrogens with two attached hydrogens (primary N) is 1. The van der Waals surface area contributed by atoms with Crippen LogP contribution in [0.3, 0.4) is 0 Å². The molecule has 0 saturated carbocycles.